The van der Waals surface area contributed by atoms with E-state index in [9.17, 15) is 13.2 Å². The van der Waals surface area contributed by atoms with Crippen LogP contribution in [0.25, 0.3) is 0 Å². The van der Waals surface area contributed by atoms with Gasteiger partial charge in [0.05, 0.1) is 17.2 Å². The molecule has 20 heavy (non-hydrogen) atoms. The van der Waals surface area contributed by atoms with Gasteiger partial charge in [-0.25, -0.2) is 8.42 Å². The van der Waals surface area contributed by atoms with Gasteiger partial charge < -0.3 is 5.73 Å². The lowest BCUT2D eigenvalue weighted by Crippen LogP contribution is -2.17. The van der Waals surface area contributed by atoms with E-state index in [1.54, 1.807) is 24.3 Å². The van der Waals surface area contributed by atoms with Gasteiger partial charge in [-0.05, 0) is 25.0 Å². The van der Waals surface area contributed by atoms with Crippen LogP contribution in [0.5, 0.6) is 0 Å². The first-order valence-electron chi connectivity index (χ1n) is 6.01. The van der Waals surface area contributed by atoms with Crippen LogP contribution >= 0.6 is 23.4 Å². The van der Waals surface area contributed by atoms with E-state index >= 15 is 0 Å². The second kappa shape index (κ2) is 8.39. The van der Waals surface area contributed by atoms with Crippen LogP contribution in [0.15, 0.2) is 29.2 Å². The van der Waals surface area contributed by atoms with E-state index in [0.717, 1.165) is 0 Å². The van der Waals surface area contributed by atoms with Crippen molar-refractivity contribution in [1.82, 2.24) is 0 Å². The molecule has 0 aromatic heterocycles. The molecule has 0 aliphatic rings. The number of anilines is 1. The van der Waals surface area contributed by atoms with Crippen molar-refractivity contribution in [3.63, 3.8) is 0 Å². The minimum absolute atomic E-state index is 0.0224. The number of nitrogens with one attached hydrogen (secondary N) is 1. The van der Waals surface area contributed by atoms with Gasteiger partial charge in [-0.15, -0.1) is 23.4 Å². The van der Waals surface area contributed by atoms with E-state index in [0.29, 0.717) is 29.3 Å². The van der Waals surface area contributed by atoms with Gasteiger partial charge in [0.1, 0.15) is 0 Å². The molecule has 8 heteroatoms. The molecule has 0 heterocycles. The maximum Gasteiger partial charge on any atom is 0.232 e. The van der Waals surface area contributed by atoms with Crippen molar-refractivity contribution < 1.29 is 13.2 Å². The number of alkyl halides is 1. The normalized spacial score (nSPS) is 11.2. The Bertz CT molecular complexity index is 549. The number of halogens is 1. The molecule has 0 fully saturated rings. The molecule has 112 valence electrons. The first-order chi connectivity index (χ1) is 9.44. The Balaban J connectivity index is 2.73. The molecule has 1 rings (SSSR count). The summed E-state index contributed by atoms with van der Waals surface area (Å²) in [5.41, 5.74) is 5.55. The van der Waals surface area contributed by atoms with Crippen LogP contribution in [-0.2, 0) is 14.8 Å². The first-order valence-corrected chi connectivity index (χ1v) is 9.18. The number of thioether (sulfide) groups is 1. The largest absolute Gasteiger partial charge is 0.369 e. The summed E-state index contributed by atoms with van der Waals surface area (Å²) in [6.45, 7) is 0. The maximum atomic E-state index is 11.9. The Morgan fingerprint density at radius 1 is 1.30 bits per heavy atom. The second-order valence-electron chi connectivity index (χ2n) is 4.07. The average Bonchev–Trinajstić information content (AvgIpc) is 2.37. The van der Waals surface area contributed by atoms with E-state index in [2.05, 4.69) is 4.72 Å². The molecule has 1 aromatic rings. The average molecular weight is 337 g/mol. The monoisotopic (exact) mass is 336 g/mol. The molecule has 0 saturated heterocycles. The standard InChI is InChI=1S/C12H17ClN2O3S2/c13-7-3-4-8-20(17,18)15-10-5-1-2-6-11(10)19-9-12(14)16/h1-2,5-6,15H,3-4,7-9H2,(H2,14,16). The molecular formula is C12H17ClN2O3S2. The van der Waals surface area contributed by atoms with Crippen LogP contribution < -0.4 is 10.5 Å². The van der Waals surface area contributed by atoms with Crippen molar-refractivity contribution in [1.29, 1.82) is 0 Å². The van der Waals surface area contributed by atoms with Gasteiger partial charge >= 0.3 is 0 Å². The quantitative estimate of drug-likeness (QED) is 0.410. The van der Waals surface area contributed by atoms with Crippen LogP contribution in [-0.4, -0.2) is 31.7 Å². The summed E-state index contributed by atoms with van der Waals surface area (Å²) < 4.78 is 26.3. The summed E-state index contributed by atoms with van der Waals surface area (Å²) in [5.74, 6) is 0.120. The smallest absolute Gasteiger partial charge is 0.232 e. The molecule has 0 spiro atoms. The fourth-order valence-electron chi connectivity index (χ4n) is 1.43. The van der Waals surface area contributed by atoms with E-state index in [4.69, 9.17) is 17.3 Å². The fourth-order valence-corrected chi connectivity index (χ4v) is 3.63. The lowest BCUT2D eigenvalue weighted by molar-refractivity contribution is -0.115. The second-order valence-corrected chi connectivity index (χ2v) is 7.31. The summed E-state index contributed by atoms with van der Waals surface area (Å²) in [7, 11) is -3.41. The van der Waals surface area contributed by atoms with E-state index < -0.39 is 15.9 Å². The predicted octanol–water partition coefficient (Wildman–Crippen LogP) is 2.02. The van der Waals surface area contributed by atoms with Crippen LogP contribution in [0.2, 0.25) is 0 Å². The number of unbranched alkanes of at least 4 members (excludes halogenated alkanes) is 1. The number of sulfonamides is 1. The number of carbonyl (C=O) groups is 1. The Kier molecular flexibility index (Phi) is 7.18. The molecule has 0 aliphatic carbocycles. The van der Waals surface area contributed by atoms with Crippen LogP contribution in [0, 0.1) is 0 Å². The molecule has 0 bridgehead atoms. The number of hydrogen-bond donors (Lipinski definition) is 2. The summed E-state index contributed by atoms with van der Waals surface area (Å²) in [5, 5.41) is 0. The molecule has 0 saturated carbocycles. The van der Waals surface area contributed by atoms with Crippen molar-refractivity contribution in [2.24, 2.45) is 5.73 Å². The predicted molar refractivity (Wildman–Crippen MR) is 83.7 cm³/mol. The summed E-state index contributed by atoms with van der Waals surface area (Å²) >= 11 is 6.73. The van der Waals surface area contributed by atoms with Crippen molar-refractivity contribution in [3.05, 3.63) is 24.3 Å². The summed E-state index contributed by atoms with van der Waals surface area (Å²) in [6.07, 6.45) is 1.16. The van der Waals surface area contributed by atoms with E-state index in [1.165, 1.54) is 11.8 Å². The highest BCUT2D eigenvalue weighted by Gasteiger charge is 2.13. The number of amides is 1. The van der Waals surface area contributed by atoms with Crippen molar-refractivity contribution >= 4 is 45.0 Å². The fraction of sp³-hybridized carbons (Fsp3) is 0.417. The van der Waals surface area contributed by atoms with Crippen LogP contribution in [0.3, 0.4) is 0 Å². The van der Waals surface area contributed by atoms with Crippen LogP contribution in [0.1, 0.15) is 12.8 Å². The third kappa shape index (κ3) is 6.49. The van der Waals surface area contributed by atoms with Gasteiger partial charge in [-0.3, -0.25) is 9.52 Å². The number of rotatable bonds is 9. The highest BCUT2D eigenvalue weighted by Crippen LogP contribution is 2.27. The topological polar surface area (TPSA) is 89.3 Å². The highest BCUT2D eigenvalue weighted by molar-refractivity contribution is 8.00. The van der Waals surface area contributed by atoms with Gasteiger partial charge in [0, 0.05) is 10.8 Å². The molecule has 3 N–H and O–H groups in total. The Morgan fingerprint density at radius 3 is 2.65 bits per heavy atom. The Hall–Kier alpha value is -0.920. The lowest BCUT2D eigenvalue weighted by atomic mass is 10.3. The SMILES string of the molecule is NC(=O)CSc1ccccc1NS(=O)(=O)CCCCCl. The van der Waals surface area contributed by atoms with Crippen molar-refractivity contribution in [2.75, 3.05) is 22.1 Å². The maximum absolute atomic E-state index is 11.9. The molecule has 0 aliphatic heterocycles. The van der Waals surface area contributed by atoms with Gasteiger partial charge in [0.15, 0.2) is 0 Å². The van der Waals surface area contributed by atoms with Gasteiger partial charge in [-0.2, -0.15) is 0 Å². The van der Waals surface area contributed by atoms with Crippen molar-refractivity contribution in [3.8, 4) is 0 Å². The number of primary amides is 1. The number of benzene rings is 1. The van der Waals surface area contributed by atoms with Gasteiger partial charge in [0.25, 0.3) is 0 Å². The van der Waals surface area contributed by atoms with E-state index in [1.807, 2.05) is 0 Å². The molecule has 0 atom stereocenters. The van der Waals surface area contributed by atoms with Crippen molar-refractivity contribution in [2.45, 2.75) is 17.7 Å². The molecule has 1 amide bonds. The zero-order chi connectivity index (χ0) is 15.0. The zero-order valence-electron chi connectivity index (χ0n) is 10.8. The molecule has 0 unspecified atom stereocenters. The summed E-state index contributed by atoms with van der Waals surface area (Å²) in [4.78, 5) is 11.5. The first kappa shape index (κ1) is 17.1. The molecular weight excluding hydrogens is 320 g/mol. The molecule has 0 radical (unpaired) electrons. The minimum Gasteiger partial charge on any atom is -0.369 e. The third-order valence-corrected chi connectivity index (χ3v) is 5.04. The lowest BCUT2D eigenvalue weighted by Gasteiger charge is -2.11. The number of para-hydroxylation sites is 1. The number of carbonyl (C=O) groups excluding carboxylic acids is 1. The Labute approximate surface area is 128 Å². The minimum atomic E-state index is -3.41. The summed E-state index contributed by atoms with van der Waals surface area (Å²) in [6, 6.07) is 6.90. The third-order valence-electron chi connectivity index (χ3n) is 2.32. The molecule has 5 nitrogen and oxygen atoms in total. The Morgan fingerprint density at radius 2 is 2.00 bits per heavy atom. The highest BCUT2D eigenvalue weighted by atomic mass is 35.5. The van der Waals surface area contributed by atoms with Gasteiger partial charge in [0.2, 0.25) is 15.9 Å². The van der Waals surface area contributed by atoms with E-state index in [-0.39, 0.29) is 11.5 Å². The zero-order valence-corrected chi connectivity index (χ0v) is 13.2. The van der Waals surface area contributed by atoms with Gasteiger partial charge in [-0.1, -0.05) is 12.1 Å². The number of nitrogens with two attached hydrogens (primary N) is 1. The van der Waals surface area contributed by atoms with Crippen LogP contribution in [0.4, 0.5) is 5.69 Å². The number of hydrogen-bond acceptors (Lipinski definition) is 4. The molecule has 1 aromatic carbocycles.